The lowest BCUT2D eigenvalue weighted by atomic mass is 9.77. The zero-order valence-corrected chi connectivity index (χ0v) is 47.0. The SMILES string of the molecule is CO[C@H]1C=CO[C@@]2(C)Oc3c(C)c(O)c4c(c3C2=O)C(=O)C(N2CCCC3(CCN(c5nc6c(cc5F)c(=O)c(C(=O)O)cn6-c5ccc(F)cc5F)C3)C2)=C(NC(=O)C(C)=CC=C[C@H](C)[C@H](O)[C@@H](C)[C@@H](O)[C@@H](C)[C@H](OC(C)=O)[C@@H]1C)C4=O. The smallest absolute Gasteiger partial charge is 0.341 e. The molecule has 0 radical (unpaired) electrons. The summed E-state index contributed by atoms with van der Waals surface area (Å²) in [5.41, 5.74) is -5.85. The highest BCUT2D eigenvalue weighted by Crippen LogP contribution is 2.50. The number of aromatic carboxylic acids is 1. The number of Topliss-reactive ketones (excluding diaryl/α,β-unsaturated/α-hetero) is 3. The average molecular weight is 1150 g/mol. The van der Waals surface area contributed by atoms with Crippen LogP contribution in [0.1, 0.15) is 115 Å². The first kappa shape index (κ1) is 59.5. The highest BCUT2D eigenvalue weighted by atomic mass is 19.1. The van der Waals surface area contributed by atoms with Crippen molar-refractivity contribution in [1.29, 1.82) is 0 Å². The number of aliphatic hydroxyl groups is 2. The number of carboxylic acid groups (broad SMARTS) is 1. The number of esters is 1. The minimum absolute atomic E-state index is 0.00754. The molecule has 1 unspecified atom stereocenters. The minimum Gasteiger partial charge on any atom is -0.507 e. The molecular weight excluding hydrogens is 1090 g/mol. The molecule has 1 amide bonds. The second-order valence-electron chi connectivity index (χ2n) is 22.5. The van der Waals surface area contributed by atoms with Crippen molar-refractivity contribution in [2.45, 2.75) is 105 Å². The van der Waals surface area contributed by atoms with E-state index in [9.17, 15) is 48.8 Å². The van der Waals surface area contributed by atoms with E-state index in [2.05, 4.69) is 10.3 Å². The summed E-state index contributed by atoms with van der Waals surface area (Å²) in [6.07, 6.45) is 4.81. The van der Waals surface area contributed by atoms with Gasteiger partial charge in [0.05, 0.1) is 52.3 Å². The van der Waals surface area contributed by atoms with Crippen molar-refractivity contribution >= 4 is 52.0 Å². The predicted octanol–water partition coefficient (Wildman–Crippen LogP) is 6.77. The van der Waals surface area contributed by atoms with Crippen molar-refractivity contribution in [2.24, 2.45) is 29.1 Å². The van der Waals surface area contributed by atoms with Gasteiger partial charge in [-0.05, 0) is 57.4 Å². The fraction of sp³-hybridized carbons (Fsp3) is 0.433. The van der Waals surface area contributed by atoms with Crippen LogP contribution in [0.25, 0.3) is 16.7 Å². The number of methoxy groups -OCH3 is 1. The molecule has 5 N–H and O–H groups in total. The number of nitrogens with zero attached hydrogens (tertiary/aromatic N) is 4. The van der Waals surface area contributed by atoms with E-state index in [-0.39, 0.29) is 71.5 Å². The third kappa shape index (κ3) is 10.6. The highest BCUT2D eigenvalue weighted by molar-refractivity contribution is 6.32. The maximum Gasteiger partial charge on any atom is 0.341 e. The number of aromatic nitrogens is 2. The number of phenolic OH excluding ortho intramolecular Hbond substituents is 1. The van der Waals surface area contributed by atoms with Gasteiger partial charge >= 0.3 is 17.7 Å². The van der Waals surface area contributed by atoms with Crippen LogP contribution in [-0.2, 0) is 23.8 Å². The van der Waals surface area contributed by atoms with Crippen LogP contribution in [0, 0.1) is 53.5 Å². The summed E-state index contributed by atoms with van der Waals surface area (Å²) in [6, 6.07) is 3.29. The molecule has 1 spiro atoms. The van der Waals surface area contributed by atoms with Crippen molar-refractivity contribution in [1.82, 2.24) is 19.8 Å². The molecule has 10 rings (SSSR count). The maximum absolute atomic E-state index is 16.5. The molecule has 83 heavy (non-hydrogen) atoms. The van der Waals surface area contributed by atoms with Gasteiger partial charge in [0.1, 0.15) is 46.2 Å². The Kier molecular flexibility index (Phi) is 16.2. The van der Waals surface area contributed by atoms with E-state index >= 15 is 18.4 Å². The number of aliphatic hydroxyl groups excluding tert-OH is 2. The highest BCUT2D eigenvalue weighted by Gasteiger charge is 2.54. The Morgan fingerprint density at radius 1 is 0.867 bits per heavy atom. The Hall–Kier alpha value is -8.15. The van der Waals surface area contributed by atoms with Gasteiger partial charge in [0.2, 0.25) is 17.0 Å². The van der Waals surface area contributed by atoms with Gasteiger partial charge in [-0.25, -0.2) is 22.9 Å². The zero-order chi connectivity index (χ0) is 60.5. The summed E-state index contributed by atoms with van der Waals surface area (Å²) in [6.45, 7) is 12.3. The van der Waals surface area contributed by atoms with Crippen LogP contribution in [0.3, 0.4) is 0 Å². The Balaban J connectivity index is 1.13. The van der Waals surface area contributed by atoms with Gasteiger partial charge < -0.3 is 54.5 Å². The van der Waals surface area contributed by atoms with Gasteiger partial charge in [-0.1, -0.05) is 45.9 Å². The third-order valence-electron chi connectivity index (χ3n) is 17.0. The number of pyridine rings is 2. The van der Waals surface area contributed by atoms with Crippen LogP contribution in [0.4, 0.5) is 19.0 Å². The number of halogens is 3. The zero-order valence-electron chi connectivity index (χ0n) is 47.0. The number of piperidine rings is 1. The number of ketones is 3. The van der Waals surface area contributed by atoms with E-state index in [4.69, 9.17) is 18.9 Å². The molecule has 7 heterocycles. The van der Waals surface area contributed by atoms with E-state index in [1.54, 1.807) is 43.6 Å². The normalized spacial score (nSPS) is 28.0. The summed E-state index contributed by atoms with van der Waals surface area (Å²) in [4.78, 5) is 106. The van der Waals surface area contributed by atoms with E-state index in [0.717, 1.165) is 35.2 Å². The summed E-state index contributed by atoms with van der Waals surface area (Å²) < 4.78 is 70.7. The van der Waals surface area contributed by atoms with Gasteiger partial charge in [0, 0.05) is 99.6 Å². The molecule has 4 aromatic rings. The van der Waals surface area contributed by atoms with Crippen molar-refractivity contribution in [3.8, 4) is 17.2 Å². The Labute approximate surface area is 474 Å². The maximum atomic E-state index is 16.5. The van der Waals surface area contributed by atoms with Crippen LogP contribution in [0.15, 0.2) is 82.8 Å². The molecule has 2 saturated heterocycles. The molecule has 2 aromatic heterocycles. The standard InChI is InChI=1S/C60H64F3N5O15/c1-27-12-10-13-28(2)57(77)64-44-45(66-19-11-17-60(25-66)18-20-67(26-60)56-38(63)23-35-49(73)36(58(78)79)24-68(55(35)65-56)39-15-14-34(61)22-37(39)62)51(75)41-42(50(44)74)48(72)32(6)53-43(41)54(76)59(8,83-53)81-21-16-40(80-9)29(3)52(82-33(7)69)31(5)47(71)30(4)46(27)70/h10,12-16,21-24,27,29-31,40,46-47,52,70-72H,11,17-20,25-26H2,1-9H3,(H,64,77)(H,78,79)/t27-,29+,30+,31+,40-,46-,47+,52+,59-,60?/m0/s1. The monoisotopic (exact) mass is 1150 g/mol. The molecule has 2 fully saturated rings. The number of likely N-dealkylation sites (tertiary alicyclic amines) is 1. The topological polar surface area (TPSA) is 274 Å². The molecule has 20 nitrogen and oxygen atoms in total. The number of phenols is 1. The number of aromatic hydroxyl groups is 1. The fourth-order valence-electron chi connectivity index (χ4n) is 12.3. The van der Waals surface area contributed by atoms with Crippen LogP contribution >= 0.6 is 0 Å². The number of carbonyl (C=O) groups excluding carboxylic acids is 5. The molecule has 1 aliphatic carbocycles. The Morgan fingerprint density at radius 3 is 2.25 bits per heavy atom. The second kappa shape index (κ2) is 22.5. The number of carbonyl (C=O) groups is 6. The molecule has 0 saturated carbocycles. The number of carboxylic acids is 1. The van der Waals surface area contributed by atoms with E-state index in [1.165, 1.54) is 53.0 Å². The van der Waals surface area contributed by atoms with Gasteiger partial charge in [0.25, 0.3) is 11.7 Å². The van der Waals surface area contributed by atoms with E-state index in [1.807, 2.05) is 0 Å². The van der Waals surface area contributed by atoms with Crippen molar-refractivity contribution in [2.75, 3.05) is 38.2 Å². The lowest BCUT2D eigenvalue weighted by Crippen LogP contribution is -2.49. The average Bonchev–Trinajstić information content (AvgIpc) is 1.98. The second-order valence-corrected chi connectivity index (χ2v) is 22.5. The van der Waals surface area contributed by atoms with Gasteiger partial charge in [-0.3, -0.25) is 33.3 Å². The third-order valence-corrected chi connectivity index (χ3v) is 17.0. The molecule has 10 atom stereocenters. The number of benzene rings is 2. The first-order valence-corrected chi connectivity index (χ1v) is 27.1. The lowest BCUT2D eigenvalue weighted by molar-refractivity contribution is -0.160. The number of rotatable bonds is 6. The number of hydrogen-bond acceptors (Lipinski definition) is 17. The number of anilines is 1. The van der Waals surface area contributed by atoms with Crippen molar-refractivity contribution in [3.63, 3.8) is 0 Å². The fourth-order valence-corrected chi connectivity index (χ4v) is 12.3. The molecule has 5 bridgehead atoms. The number of hydrogen-bond donors (Lipinski definition) is 5. The van der Waals surface area contributed by atoms with Crippen LogP contribution in [0.5, 0.6) is 11.5 Å². The first-order valence-electron chi connectivity index (χ1n) is 27.1. The molecule has 6 aliphatic rings. The van der Waals surface area contributed by atoms with E-state index < -0.39 is 151 Å². The molecule has 5 aliphatic heterocycles. The minimum atomic E-state index is -2.23. The summed E-state index contributed by atoms with van der Waals surface area (Å²) in [5.74, 6) is -15.5. The van der Waals surface area contributed by atoms with Crippen molar-refractivity contribution in [3.05, 3.63) is 133 Å². The Bertz CT molecular complexity index is 3610. The summed E-state index contributed by atoms with van der Waals surface area (Å²) >= 11 is 0. The summed E-state index contributed by atoms with van der Waals surface area (Å²) in [5, 5.41) is 47.2. The van der Waals surface area contributed by atoms with Crippen LogP contribution in [-0.4, -0.2) is 134 Å². The number of amides is 1. The lowest BCUT2D eigenvalue weighted by Gasteiger charge is -2.43. The van der Waals surface area contributed by atoms with E-state index in [0.29, 0.717) is 25.3 Å². The van der Waals surface area contributed by atoms with Crippen LogP contribution in [0.2, 0.25) is 0 Å². The Morgan fingerprint density at radius 2 is 1.58 bits per heavy atom. The van der Waals surface area contributed by atoms with Crippen LogP contribution < -0.4 is 20.4 Å². The van der Waals surface area contributed by atoms with Gasteiger partial charge in [0.15, 0.2) is 17.3 Å². The number of ether oxygens (including phenoxy) is 4. The number of fused-ring (bicyclic) bond motifs is 15. The summed E-state index contributed by atoms with van der Waals surface area (Å²) in [7, 11) is 1.39. The largest absolute Gasteiger partial charge is 0.507 e. The molecule has 440 valence electrons. The van der Waals surface area contributed by atoms with Crippen molar-refractivity contribution < 1.29 is 81.3 Å². The first-order chi connectivity index (χ1) is 39.1. The molecule has 23 heteroatoms. The number of allylic oxidation sites excluding steroid dienone is 4. The molecule has 2 aromatic carbocycles. The van der Waals surface area contributed by atoms with Gasteiger partial charge in [-0.15, -0.1) is 0 Å². The van der Waals surface area contributed by atoms with Gasteiger partial charge in [-0.2, -0.15) is 0 Å². The molecular formula is C60H64F3N5O15. The predicted molar refractivity (Wildman–Crippen MR) is 292 cm³/mol. The quantitative estimate of drug-likeness (QED) is 0.125. The number of nitrogens with one attached hydrogen (secondary N) is 1.